The Morgan fingerprint density at radius 3 is 2.70 bits per heavy atom. The number of nitrogens with one attached hydrogen (secondary N) is 2. The third-order valence-corrected chi connectivity index (χ3v) is 5.19. The molecule has 1 fully saturated rings. The summed E-state index contributed by atoms with van der Waals surface area (Å²) in [5, 5.41) is 6.40. The minimum absolute atomic E-state index is 0.109. The number of benzene rings is 2. The van der Waals surface area contributed by atoms with Crippen molar-refractivity contribution in [3.8, 4) is 0 Å². The van der Waals surface area contributed by atoms with E-state index in [0.717, 1.165) is 25.9 Å². The van der Waals surface area contributed by atoms with Gasteiger partial charge in [-0.1, -0.05) is 48.2 Å². The van der Waals surface area contributed by atoms with Gasteiger partial charge in [-0.3, -0.25) is 4.79 Å². The molecular weight excluding hydrogens is 304 g/mol. The molecule has 1 unspecified atom stereocenters. The van der Waals surface area contributed by atoms with Gasteiger partial charge in [-0.05, 0) is 43.1 Å². The zero-order valence-electron chi connectivity index (χ0n) is 13.1. The standard InChI is InChI=1S/C19H22N2OS/c22-19(16-8-6-12-20-13-16)21-14-15-7-4-5-11-18(15)23-17-9-2-1-3-10-17/h1-5,7,9-11,16,20H,6,8,12-14H2,(H,21,22). The molecule has 23 heavy (non-hydrogen) atoms. The molecule has 2 N–H and O–H groups in total. The minimum Gasteiger partial charge on any atom is -0.352 e. The second-order valence-corrected chi connectivity index (χ2v) is 6.90. The van der Waals surface area contributed by atoms with E-state index in [1.807, 2.05) is 30.3 Å². The zero-order chi connectivity index (χ0) is 15.9. The van der Waals surface area contributed by atoms with E-state index in [4.69, 9.17) is 0 Å². The highest BCUT2D eigenvalue weighted by Gasteiger charge is 2.20. The van der Waals surface area contributed by atoms with Gasteiger partial charge < -0.3 is 10.6 Å². The molecule has 0 bridgehead atoms. The van der Waals surface area contributed by atoms with Gasteiger partial charge in [0.2, 0.25) is 5.91 Å². The average Bonchev–Trinajstić information content (AvgIpc) is 2.62. The molecule has 1 aliphatic rings. The Hall–Kier alpha value is -1.78. The van der Waals surface area contributed by atoms with Gasteiger partial charge in [-0.15, -0.1) is 0 Å². The molecule has 3 rings (SSSR count). The molecule has 0 spiro atoms. The van der Waals surface area contributed by atoms with E-state index in [0.29, 0.717) is 6.54 Å². The van der Waals surface area contributed by atoms with Crippen LogP contribution in [0.25, 0.3) is 0 Å². The van der Waals surface area contributed by atoms with Crippen molar-refractivity contribution in [3.05, 3.63) is 60.2 Å². The van der Waals surface area contributed by atoms with E-state index in [9.17, 15) is 4.79 Å². The monoisotopic (exact) mass is 326 g/mol. The van der Waals surface area contributed by atoms with E-state index >= 15 is 0 Å². The van der Waals surface area contributed by atoms with Crippen LogP contribution in [0.5, 0.6) is 0 Å². The molecule has 4 heteroatoms. The Balaban J connectivity index is 1.62. The van der Waals surface area contributed by atoms with Crippen LogP contribution in [0.15, 0.2) is 64.4 Å². The van der Waals surface area contributed by atoms with Crippen molar-refractivity contribution in [1.82, 2.24) is 10.6 Å². The van der Waals surface area contributed by atoms with Crippen molar-refractivity contribution in [2.45, 2.75) is 29.2 Å². The predicted octanol–water partition coefficient (Wildman–Crippen LogP) is 3.45. The second kappa shape index (κ2) is 8.18. The van der Waals surface area contributed by atoms with E-state index < -0.39 is 0 Å². The average molecular weight is 326 g/mol. The van der Waals surface area contributed by atoms with Crippen LogP contribution < -0.4 is 10.6 Å². The number of hydrogen-bond acceptors (Lipinski definition) is 3. The van der Waals surface area contributed by atoms with Crippen LogP contribution in [0.3, 0.4) is 0 Å². The fourth-order valence-corrected chi connectivity index (χ4v) is 3.73. The van der Waals surface area contributed by atoms with Crippen LogP contribution >= 0.6 is 11.8 Å². The van der Waals surface area contributed by atoms with E-state index in [1.54, 1.807) is 11.8 Å². The van der Waals surface area contributed by atoms with Crippen LogP contribution in [0.1, 0.15) is 18.4 Å². The summed E-state index contributed by atoms with van der Waals surface area (Å²) in [7, 11) is 0. The summed E-state index contributed by atoms with van der Waals surface area (Å²) in [6.45, 7) is 2.41. The highest BCUT2D eigenvalue weighted by Crippen LogP contribution is 2.30. The van der Waals surface area contributed by atoms with Gasteiger partial charge in [0, 0.05) is 22.9 Å². The van der Waals surface area contributed by atoms with Crippen molar-refractivity contribution in [3.63, 3.8) is 0 Å². The first-order valence-electron chi connectivity index (χ1n) is 8.12. The Labute approximate surface area is 141 Å². The first-order valence-corrected chi connectivity index (χ1v) is 8.94. The number of carbonyl (C=O) groups is 1. The Bertz CT molecular complexity index is 639. The largest absolute Gasteiger partial charge is 0.352 e. The van der Waals surface area contributed by atoms with Crippen LogP contribution in [-0.2, 0) is 11.3 Å². The lowest BCUT2D eigenvalue weighted by Gasteiger charge is -2.22. The Morgan fingerprint density at radius 1 is 1.13 bits per heavy atom. The maximum Gasteiger partial charge on any atom is 0.224 e. The molecule has 0 radical (unpaired) electrons. The van der Waals surface area contributed by atoms with E-state index in [1.165, 1.54) is 15.4 Å². The smallest absolute Gasteiger partial charge is 0.224 e. The van der Waals surface area contributed by atoms with Gasteiger partial charge in [0.1, 0.15) is 0 Å². The van der Waals surface area contributed by atoms with Gasteiger partial charge in [-0.2, -0.15) is 0 Å². The first kappa shape index (κ1) is 16.1. The summed E-state index contributed by atoms with van der Waals surface area (Å²) in [5.74, 6) is 0.273. The van der Waals surface area contributed by atoms with Gasteiger partial charge in [0.15, 0.2) is 0 Å². The third kappa shape index (κ3) is 4.60. The lowest BCUT2D eigenvalue weighted by molar-refractivity contribution is -0.125. The topological polar surface area (TPSA) is 41.1 Å². The van der Waals surface area contributed by atoms with Crippen molar-refractivity contribution in [2.75, 3.05) is 13.1 Å². The summed E-state index contributed by atoms with van der Waals surface area (Å²) in [6.07, 6.45) is 2.07. The normalized spacial score (nSPS) is 17.7. The van der Waals surface area contributed by atoms with E-state index in [-0.39, 0.29) is 11.8 Å². The predicted molar refractivity (Wildman–Crippen MR) is 94.4 cm³/mol. The number of carbonyl (C=O) groups excluding carboxylic acids is 1. The van der Waals surface area contributed by atoms with Gasteiger partial charge >= 0.3 is 0 Å². The fourth-order valence-electron chi connectivity index (χ4n) is 2.77. The van der Waals surface area contributed by atoms with Gasteiger partial charge in [0.05, 0.1) is 5.92 Å². The lowest BCUT2D eigenvalue weighted by Crippen LogP contribution is -2.40. The number of amides is 1. The molecule has 2 aromatic rings. The fraction of sp³-hybridized carbons (Fsp3) is 0.316. The molecule has 120 valence electrons. The van der Waals surface area contributed by atoms with Crippen LogP contribution in [-0.4, -0.2) is 19.0 Å². The van der Waals surface area contributed by atoms with E-state index in [2.05, 4.69) is 34.9 Å². The lowest BCUT2D eigenvalue weighted by atomic mass is 9.99. The summed E-state index contributed by atoms with van der Waals surface area (Å²) in [6, 6.07) is 18.6. The number of hydrogen-bond donors (Lipinski definition) is 2. The summed E-state index contributed by atoms with van der Waals surface area (Å²) >= 11 is 1.74. The quantitative estimate of drug-likeness (QED) is 0.884. The van der Waals surface area contributed by atoms with Crippen molar-refractivity contribution in [2.24, 2.45) is 5.92 Å². The van der Waals surface area contributed by atoms with Crippen molar-refractivity contribution < 1.29 is 4.79 Å². The molecule has 0 aliphatic carbocycles. The van der Waals surface area contributed by atoms with Gasteiger partial charge in [0.25, 0.3) is 0 Å². The Morgan fingerprint density at radius 2 is 1.91 bits per heavy atom. The maximum atomic E-state index is 12.3. The molecule has 0 aromatic heterocycles. The van der Waals surface area contributed by atoms with Crippen LogP contribution in [0.4, 0.5) is 0 Å². The molecule has 2 aromatic carbocycles. The Kier molecular flexibility index (Phi) is 5.72. The first-order chi connectivity index (χ1) is 11.3. The summed E-state index contributed by atoms with van der Waals surface area (Å²) in [4.78, 5) is 14.7. The molecule has 1 atom stereocenters. The van der Waals surface area contributed by atoms with Gasteiger partial charge in [-0.25, -0.2) is 0 Å². The molecule has 3 nitrogen and oxygen atoms in total. The number of rotatable bonds is 5. The molecular formula is C19H22N2OS. The SMILES string of the molecule is O=C(NCc1ccccc1Sc1ccccc1)C1CCCNC1. The third-order valence-electron chi connectivity index (χ3n) is 4.06. The molecule has 1 amide bonds. The summed E-state index contributed by atoms with van der Waals surface area (Å²) in [5.41, 5.74) is 1.17. The highest BCUT2D eigenvalue weighted by atomic mass is 32.2. The molecule has 1 heterocycles. The molecule has 1 aliphatic heterocycles. The minimum atomic E-state index is 0.109. The van der Waals surface area contributed by atoms with Crippen LogP contribution in [0.2, 0.25) is 0 Å². The van der Waals surface area contributed by atoms with Crippen molar-refractivity contribution >= 4 is 17.7 Å². The molecule has 0 saturated carbocycles. The second-order valence-electron chi connectivity index (χ2n) is 5.78. The zero-order valence-corrected chi connectivity index (χ0v) is 13.9. The molecule has 1 saturated heterocycles. The highest BCUT2D eigenvalue weighted by molar-refractivity contribution is 7.99. The maximum absolute atomic E-state index is 12.3. The van der Waals surface area contributed by atoms with Crippen LogP contribution in [0, 0.1) is 5.92 Å². The van der Waals surface area contributed by atoms with Crippen molar-refractivity contribution in [1.29, 1.82) is 0 Å². The number of piperidine rings is 1. The summed E-state index contributed by atoms with van der Waals surface area (Å²) < 4.78 is 0.